The van der Waals surface area contributed by atoms with Crippen LogP contribution in [-0.4, -0.2) is 0 Å². The Morgan fingerprint density at radius 1 is 0.750 bits per heavy atom. The first kappa shape index (κ1) is 12.4. The van der Waals surface area contributed by atoms with Crippen molar-refractivity contribution in [2.45, 2.75) is 0 Å². The molecule has 1 aliphatic rings. The van der Waals surface area contributed by atoms with Gasteiger partial charge in [-0.05, 0) is 12.4 Å². The molecule has 0 unspecified atom stereocenters. The quantitative estimate of drug-likeness (QED) is 0.721. The molecule has 0 radical (unpaired) electrons. The molecule has 0 amide bonds. The van der Waals surface area contributed by atoms with Gasteiger partial charge in [0.15, 0.2) is 11.7 Å². The Morgan fingerprint density at radius 3 is 1.31 bits per heavy atom. The molecule has 0 aliphatic heterocycles. The summed E-state index contributed by atoms with van der Waals surface area (Å²) in [7, 11) is 0. The van der Waals surface area contributed by atoms with E-state index in [9.17, 15) is 17.6 Å². The van der Waals surface area contributed by atoms with Gasteiger partial charge in [0.2, 0.25) is 0 Å². The maximum atomic E-state index is 13.3. The van der Waals surface area contributed by atoms with Gasteiger partial charge < -0.3 is 11.5 Å². The van der Waals surface area contributed by atoms with Crippen molar-refractivity contribution in [3.05, 3.63) is 47.9 Å². The van der Waals surface area contributed by atoms with Gasteiger partial charge in [0.05, 0.1) is 0 Å². The van der Waals surface area contributed by atoms with Crippen molar-refractivity contribution in [1.29, 1.82) is 0 Å². The molecule has 0 aromatic rings. The first-order valence-electron chi connectivity index (χ1n) is 4.42. The van der Waals surface area contributed by atoms with Crippen molar-refractivity contribution in [2.24, 2.45) is 23.3 Å². The van der Waals surface area contributed by atoms with Crippen LogP contribution >= 0.6 is 0 Å². The van der Waals surface area contributed by atoms with Crippen molar-refractivity contribution in [2.75, 3.05) is 0 Å². The van der Waals surface area contributed by atoms with Crippen LogP contribution in [-0.2, 0) is 0 Å². The first-order chi connectivity index (χ1) is 7.54. The zero-order valence-corrected chi connectivity index (χ0v) is 8.13. The fourth-order valence-corrected chi connectivity index (χ4v) is 1.47. The lowest BCUT2D eigenvalue weighted by Gasteiger charge is -2.23. The number of hydrogen-bond donors (Lipinski definition) is 2. The number of hydrogen-bond acceptors (Lipinski definition) is 2. The monoisotopic (exact) mass is 234 g/mol. The predicted octanol–water partition coefficient (Wildman–Crippen LogP) is 2.48. The molecule has 0 fully saturated rings. The van der Waals surface area contributed by atoms with Crippen LogP contribution in [0.1, 0.15) is 0 Å². The summed E-state index contributed by atoms with van der Waals surface area (Å²) in [6.07, 6.45) is 3.94. The fraction of sp³-hybridized carbons (Fsp3) is 0.200. The highest BCUT2D eigenvalue weighted by Gasteiger charge is 2.37. The predicted molar refractivity (Wildman–Crippen MR) is 52.1 cm³/mol. The maximum Gasteiger partial charge on any atom is 0.193 e. The Hall–Kier alpha value is -1.72. The van der Waals surface area contributed by atoms with Crippen LogP contribution < -0.4 is 11.5 Å². The third kappa shape index (κ3) is 1.95. The third-order valence-corrected chi connectivity index (χ3v) is 2.22. The van der Waals surface area contributed by atoms with Gasteiger partial charge >= 0.3 is 0 Å². The summed E-state index contributed by atoms with van der Waals surface area (Å²) in [4.78, 5) is 0. The van der Waals surface area contributed by atoms with Crippen LogP contribution in [0.5, 0.6) is 0 Å². The van der Waals surface area contributed by atoms with Crippen molar-refractivity contribution in [3.8, 4) is 0 Å². The number of allylic oxidation sites excluding steroid dienone is 6. The zero-order chi connectivity index (χ0) is 12.3. The first-order valence-corrected chi connectivity index (χ1v) is 4.42. The topological polar surface area (TPSA) is 52.0 Å². The minimum absolute atomic E-state index is 0.936. The zero-order valence-electron chi connectivity index (χ0n) is 8.13. The molecule has 0 spiro atoms. The van der Waals surface area contributed by atoms with E-state index in [4.69, 9.17) is 11.5 Å². The molecule has 0 saturated heterocycles. The Bertz CT molecular complexity index is 358. The molecule has 4 N–H and O–H groups in total. The Labute approximate surface area is 89.6 Å². The van der Waals surface area contributed by atoms with E-state index in [1.54, 1.807) is 0 Å². The fourth-order valence-electron chi connectivity index (χ4n) is 1.47. The molecule has 16 heavy (non-hydrogen) atoms. The standard InChI is InChI=1S/C10H10F4N2/c11-7-5(1-3-15)6(2-4-16)8(12)10(14)9(7)13/h1-6H,15-16H2/b3-1+,4-2+/t5-,6-/m1/s1. The van der Waals surface area contributed by atoms with Gasteiger partial charge in [0.25, 0.3) is 0 Å². The van der Waals surface area contributed by atoms with E-state index in [1.165, 1.54) is 0 Å². The van der Waals surface area contributed by atoms with Crippen molar-refractivity contribution < 1.29 is 17.6 Å². The number of halogens is 4. The molecule has 88 valence electrons. The van der Waals surface area contributed by atoms with E-state index in [0.717, 1.165) is 24.6 Å². The summed E-state index contributed by atoms with van der Waals surface area (Å²) in [6, 6.07) is 0. The van der Waals surface area contributed by atoms with Crippen molar-refractivity contribution in [3.63, 3.8) is 0 Å². The van der Waals surface area contributed by atoms with Crippen LogP contribution in [0, 0.1) is 11.8 Å². The van der Waals surface area contributed by atoms with E-state index in [0.29, 0.717) is 0 Å². The van der Waals surface area contributed by atoms with Crippen molar-refractivity contribution >= 4 is 0 Å². The van der Waals surface area contributed by atoms with Gasteiger partial charge in [-0.1, -0.05) is 12.2 Å². The molecular weight excluding hydrogens is 224 g/mol. The van der Waals surface area contributed by atoms with Crippen LogP contribution in [0.3, 0.4) is 0 Å². The molecular formula is C10H10F4N2. The van der Waals surface area contributed by atoms with Gasteiger partial charge in [-0.2, -0.15) is 0 Å². The van der Waals surface area contributed by atoms with E-state index in [-0.39, 0.29) is 0 Å². The molecule has 0 bridgehead atoms. The van der Waals surface area contributed by atoms with Gasteiger partial charge in [-0.25, -0.2) is 17.6 Å². The third-order valence-electron chi connectivity index (χ3n) is 2.22. The lowest BCUT2D eigenvalue weighted by Crippen LogP contribution is -2.19. The molecule has 2 atom stereocenters. The summed E-state index contributed by atoms with van der Waals surface area (Å²) in [6.45, 7) is 0. The van der Waals surface area contributed by atoms with E-state index in [2.05, 4.69) is 0 Å². The summed E-state index contributed by atoms with van der Waals surface area (Å²) in [5, 5.41) is 0. The van der Waals surface area contributed by atoms with Gasteiger partial charge in [-0.3, -0.25) is 0 Å². The average Bonchev–Trinajstić information content (AvgIpc) is 2.28. The summed E-state index contributed by atoms with van der Waals surface area (Å²) in [5.74, 6) is -9.09. The minimum Gasteiger partial charge on any atom is -0.405 e. The second kappa shape index (κ2) is 4.87. The normalized spacial score (nSPS) is 27.5. The highest BCUT2D eigenvalue weighted by Crippen LogP contribution is 2.42. The van der Waals surface area contributed by atoms with E-state index in [1.807, 2.05) is 0 Å². The summed E-state index contributed by atoms with van der Waals surface area (Å²) in [5.41, 5.74) is 10.1. The second-order valence-corrected chi connectivity index (χ2v) is 3.15. The summed E-state index contributed by atoms with van der Waals surface area (Å²) >= 11 is 0. The molecule has 0 saturated carbocycles. The highest BCUT2D eigenvalue weighted by atomic mass is 19.2. The lowest BCUT2D eigenvalue weighted by molar-refractivity contribution is 0.337. The van der Waals surface area contributed by atoms with Crippen molar-refractivity contribution in [1.82, 2.24) is 0 Å². The Balaban J connectivity index is 3.27. The lowest BCUT2D eigenvalue weighted by atomic mass is 9.85. The molecule has 1 aliphatic carbocycles. The second-order valence-electron chi connectivity index (χ2n) is 3.15. The molecule has 6 heteroatoms. The summed E-state index contributed by atoms with van der Waals surface area (Å²) < 4.78 is 52.4. The van der Waals surface area contributed by atoms with Crippen LogP contribution in [0.15, 0.2) is 47.9 Å². The molecule has 1 rings (SSSR count). The highest BCUT2D eigenvalue weighted by molar-refractivity contribution is 5.37. The smallest absolute Gasteiger partial charge is 0.193 e. The number of nitrogens with two attached hydrogens (primary N) is 2. The SMILES string of the molecule is N/C=C/[C@H]1C(F)=C(F)C(F)=C(F)[C@@H]1/C=C/N. The molecule has 0 aromatic heterocycles. The maximum absolute atomic E-state index is 13.3. The van der Waals surface area contributed by atoms with E-state index >= 15 is 0 Å². The molecule has 2 nitrogen and oxygen atoms in total. The van der Waals surface area contributed by atoms with Gasteiger partial charge in [0.1, 0.15) is 11.7 Å². The molecule has 0 heterocycles. The van der Waals surface area contributed by atoms with E-state index < -0.39 is 35.1 Å². The Morgan fingerprint density at radius 2 is 1.06 bits per heavy atom. The van der Waals surface area contributed by atoms with Crippen LogP contribution in [0.4, 0.5) is 17.6 Å². The minimum atomic E-state index is -1.83. The van der Waals surface area contributed by atoms with Gasteiger partial charge in [0, 0.05) is 11.8 Å². The van der Waals surface area contributed by atoms with Crippen LogP contribution in [0.25, 0.3) is 0 Å². The van der Waals surface area contributed by atoms with Crippen LogP contribution in [0.2, 0.25) is 0 Å². The largest absolute Gasteiger partial charge is 0.405 e. The molecule has 0 aromatic carbocycles. The average molecular weight is 234 g/mol. The number of rotatable bonds is 2. The Kier molecular flexibility index (Phi) is 3.76. The van der Waals surface area contributed by atoms with Gasteiger partial charge in [-0.15, -0.1) is 0 Å².